The molecular weight excluding hydrogens is 335 g/mol. The summed E-state index contributed by atoms with van der Waals surface area (Å²) in [6.45, 7) is 1.57. The number of anilines is 1. The fourth-order valence-electron chi connectivity index (χ4n) is 2.76. The summed E-state index contributed by atoms with van der Waals surface area (Å²) in [6.07, 6.45) is 1.75. The summed E-state index contributed by atoms with van der Waals surface area (Å²) < 4.78 is 19.0. The molecule has 1 aliphatic rings. The van der Waals surface area contributed by atoms with Crippen LogP contribution in [0, 0.1) is 12.7 Å². The molecule has 1 fully saturated rings. The van der Waals surface area contributed by atoms with Crippen molar-refractivity contribution < 1.29 is 18.7 Å². The molecule has 0 saturated heterocycles. The molecule has 3 rings (SSSR count). The minimum Gasteiger partial charge on any atom is -0.452 e. The molecular formula is C20H21FN2O3. The molecule has 2 N–H and O–H groups in total. The standard InChI is InChI=1S/C20H21FN2O3/c1-13-5-4-7-16(19(13)22)20(25)26-12-18(24)23(15-9-10-15)11-14-6-2-3-8-17(14)21/h2-8,15H,9-12,22H2,1H3. The van der Waals surface area contributed by atoms with Gasteiger partial charge in [-0.15, -0.1) is 0 Å². The SMILES string of the molecule is Cc1cccc(C(=O)OCC(=O)N(Cc2ccccc2F)C2CC2)c1N. The van der Waals surface area contributed by atoms with Crippen molar-refractivity contribution in [2.24, 2.45) is 0 Å². The van der Waals surface area contributed by atoms with E-state index in [1.54, 1.807) is 48.2 Å². The molecule has 0 aliphatic heterocycles. The highest BCUT2D eigenvalue weighted by Crippen LogP contribution is 2.29. The first-order chi connectivity index (χ1) is 12.5. The molecule has 0 unspecified atom stereocenters. The van der Waals surface area contributed by atoms with Gasteiger partial charge in [-0.2, -0.15) is 0 Å². The number of esters is 1. The molecule has 5 nitrogen and oxygen atoms in total. The molecule has 1 aliphatic carbocycles. The van der Waals surface area contributed by atoms with Crippen LogP contribution >= 0.6 is 0 Å². The molecule has 1 amide bonds. The van der Waals surface area contributed by atoms with Crippen LogP contribution in [-0.2, 0) is 16.1 Å². The van der Waals surface area contributed by atoms with Gasteiger partial charge in [0.1, 0.15) is 5.82 Å². The van der Waals surface area contributed by atoms with Crippen molar-refractivity contribution in [2.75, 3.05) is 12.3 Å². The van der Waals surface area contributed by atoms with Crippen LogP contribution in [-0.4, -0.2) is 29.4 Å². The van der Waals surface area contributed by atoms with Crippen LogP contribution in [0.4, 0.5) is 10.1 Å². The molecule has 26 heavy (non-hydrogen) atoms. The third-order valence-corrected chi connectivity index (χ3v) is 4.48. The number of ether oxygens (including phenoxy) is 1. The minimum atomic E-state index is -0.638. The fraction of sp³-hybridized carbons (Fsp3) is 0.300. The number of nitrogen functional groups attached to an aromatic ring is 1. The maximum atomic E-state index is 13.9. The summed E-state index contributed by atoms with van der Waals surface area (Å²) in [5.74, 6) is -1.33. The number of carbonyl (C=O) groups excluding carboxylic acids is 2. The van der Waals surface area contributed by atoms with Gasteiger partial charge in [0.2, 0.25) is 0 Å². The van der Waals surface area contributed by atoms with Crippen molar-refractivity contribution in [1.82, 2.24) is 4.90 Å². The van der Waals surface area contributed by atoms with Crippen molar-refractivity contribution in [1.29, 1.82) is 0 Å². The lowest BCUT2D eigenvalue weighted by molar-refractivity contribution is -0.135. The van der Waals surface area contributed by atoms with Crippen molar-refractivity contribution in [3.8, 4) is 0 Å². The van der Waals surface area contributed by atoms with E-state index in [-0.39, 0.29) is 29.9 Å². The normalized spacial score (nSPS) is 13.3. The Morgan fingerprint density at radius 2 is 1.92 bits per heavy atom. The zero-order valence-corrected chi connectivity index (χ0v) is 14.6. The second-order valence-electron chi connectivity index (χ2n) is 6.46. The summed E-state index contributed by atoms with van der Waals surface area (Å²) in [4.78, 5) is 26.3. The van der Waals surface area contributed by atoms with Gasteiger partial charge in [0.25, 0.3) is 5.91 Å². The maximum Gasteiger partial charge on any atom is 0.340 e. The lowest BCUT2D eigenvalue weighted by Crippen LogP contribution is -2.36. The molecule has 136 valence electrons. The quantitative estimate of drug-likeness (QED) is 0.638. The zero-order valence-electron chi connectivity index (χ0n) is 14.6. The molecule has 2 aromatic carbocycles. The van der Waals surface area contributed by atoms with Gasteiger partial charge in [0.15, 0.2) is 6.61 Å². The molecule has 0 radical (unpaired) electrons. The number of para-hydroxylation sites is 1. The number of nitrogens with zero attached hydrogens (tertiary/aromatic N) is 1. The number of carbonyl (C=O) groups is 2. The number of hydrogen-bond acceptors (Lipinski definition) is 4. The van der Waals surface area contributed by atoms with Gasteiger partial charge in [-0.25, -0.2) is 9.18 Å². The molecule has 1 saturated carbocycles. The van der Waals surface area contributed by atoms with E-state index in [1.165, 1.54) is 6.07 Å². The number of hydrogen-bond donors (Lipinski definition) is 1. The van der Waals surface area contributed by atoms with Gasteiger partial charge in [-0.1, -0.05) is 30.3 Å². The van der Waals surface area contributed by atoms with Crippen LogP contribution < -0.4 is 5.73 Å². The van der Waals surface area contributed by atoms with Crippen LogP contribution in [0.2, 0.25) is 0 Å². The number of benzene rings is 2. The molecule has 0 spiro atoms. The lowest BCUT2D eigenvalue weighted by atomic mass is 10.1. The van der Waals surface area contributed by atoms with E-state index >= 15 is 0 Å². The number of nitrogens with two attached hydrogens (primary N) is 1. The van der Waals surface area contributed by atoms with Crippen LogP contribution in [0.25, 0.3) is 0 Å². The first-order valence-electron chi connectivity index (χ1n) is 8.52. The number of rotatable bonds is 6. The first-order valence-corrected chi connectivity index (χ1v) is 8.52. The van der Waals surface area contributed by atoms with Crippen molar-refractivity contribution in [3.63, 3.8) is 0 Å². The van der Waals surface area contributed by atoms with Gasteiger partial charge in [0.05, 0.1) is 5.56 Å². The highest BCUT2D eigenvalue weighted by molar-refractivity contribution is 5.96. The largest absolute Gasteiger partial charge is 0.452 e. The Hall–Kier alpha value is -2.89. The summed E-state index contributed by atoms with van der Waals surface area (Å²) in [5.41, 5.74) is 7.69. The van der Waals surface area contributed by atoms with E-state index in [2.05, 4.69) is 0 Å². The van der Waals surface area contributed by atoms with E-state index in [0.717, 1.165) is 18.4 Å². The van der Waals surface area contributed by atoms with Gasteiger partial charge >= 0.3 is 5.97 Å². The second kappa shape index (κ2) is 7.56. The van der Waals surface area contributed by atoms with Crippen LogP contribution in [0.5, 0.6) is 0 Å². The fourth-order valence-corrected chi connectivity index (χ4v) is 2.76. The topological polar surface area (TPSA) is 72.6 Å². The predicted molar refractivity (Wildman–Crippen MR) is 95.8 cm³/mol. The van der Waals surface area contributed by atoms with E-state index in [0.29, 0.717) is 11.3 Å². The van der Waals surface area contributed by atoms with Crippen LogP contribution in [0.1, 0.15) is 34.3 Å². The van der Waals surface area contributed by atoms with Gasteiger partial charge in [-0.3, -0.25) is 4.79 Å². The maximum absolute atomic E-state index is 13.9. The average Bonchev–Trinajstić information content (AvgIpc) is 3.46. The number of amides is 1. The molecule has 0 atom stereocenters. The third kappa shape index (κ3) is 4.02. The van der Waals surface area contributed by atoms with Gasteiger partial charge in [-0.05, 0) is 37.5 Å². The summed E-state index contributed by atoms with van der Waals surface area (Å²) in [5, 5.41) is 0. The number of aryl methyl sites for hydroxylation is 1. The van der Waals surface area contributed by atoms with Gasteiger partial charge in [0, 0.05) is 23.8 Å². The summed E-state index contributed by atoms with van der Waals surface area (Å²) in [7, 11) is 0. The van der Waals surface area contributed by atoms with E-state index < -0.39 is 12.6 Å². The third-order valence-electron chi connectivity index (χ3n) is 4.48. The highest BCUT2D eigenvalue weighted by atomic mass is 19.1. The average molecular weight is 356 g/mol. The Balaban J connectivity index is 1.64. The Morgan fingerprint density at radius 1 is 1.19 bits per heavy atom. The van der Waals surface area contributed by atoms with Crippen molar-refractivity contribution in [2.45, 2.75) is 32.4 Å². The Morgan fingerprint density at radius 3 is 2.62 bits per heavy atom. The van der Waals surface area contributed by atoms with Crippen LogP contribution in [0.15, 0.2) is 42.5 Å². The first kappa shape index (κ1) is 17.9. The van der Waals surface area contributed by atoms with Crippen molar-refractivity contribution in [3.05, 3.63) is 65.0 Å². The van der Waals surface area contributed by atoms with E-state index in [9.17, 15) is 14.0 Å². The second-order valence-corrected chi connectivity index (χ2v) is 6.46. The molecule has 2 aromatic rings. The minimum absolute atomic E-state index is 0.0739. The molecule has 0 bridgehead atoms. The summed E-state index contributed by atoms with van der Waals surface area (Å²) >= 11 is 0. The van der Waals surface area contributed by atoms with E-state index in [4.69, 9.17) is 10.5 Å². The smallest absolute Gasteiger partial charge is 0.340 e. The number of halogens is 1. The Labute approximate surface area is 151 Å². The molecule has 0 aromatic heterocycles. The van der Waals surface area contributed by atoms with E-state index in [1.807, 2.05) is 0 Å². The Bertz CT molecular complexity index is 834. The molecule has 0 heterocycles. The predicted octanol–water partition coefficient (Wildman–Crippen LogP) is 3.06. The highest BCUT2D eigenvalue weighted by Gasteiger charge is 2.33. The van der Waals surface area contributed by atoms with Crippen molar-refractivity contribution >= 4 is 17.6 Å². The monoisotopic (exact) mass is 356 g/mol. The lowest BCUT2D eigenvalue weighted by Gasteiger charge is -2.22. The summed E-state index contributed by atoms with van der Waals surface area (Å²) in [6, 6.07) is 11.5. The van der Waals surface area contributed by atoms with Crippen LogP contribution in [0.3, 0.4) is 0 Å². The zero-order chi connectivity index (χ0) is 18.7. The van der Waals surface area contributed by atoms with Gasteiger partial charge < -0.3 is 15.4 Å². The Kier molecular flexibility index (Phi) is 5.21. The molecule has 6 heteroatoms.